The summed E-state index contributed by atoms with van der Waals surface area (Å²) in [4.78, 5) is 15.2. The highest BCUT2D eigenvalue weighted by Crippen LogP contribution is 2.39. The Morgan fingerprint density at radius 1 is 0.960 bits per heavy atom. The Kier molecular flexibility index (Phi) is 4.34. The van der Waals surface area contributed by atoms with Crippen molar-refractivity contribution in [2.75, 3.05) is 4.90 Å². The van der Waals surface area contributed by atoms with Crippen molar-refractivity contribution in [3.8, 4) is 0 Å². The van der Waals surface area contributed by atoms with Crippen molar-refractivity contribution < 1.29 is 4.79 Å². The van der Waals surface area contributed by atoms with Crippen molar-refractivity contribution in [3.63, 3.8) is 0 Å². The standard InChI is InChI=1S/C20H12ClNOS2/c21-16-10-4-2-7-14(16)12-18-19(23)22(20(24)25-18)17-11-5-8-13-6-1-3-9-15(13)17/h1-12H/b18-12+. The second-order valence-electron chi connectivity index (χ2n) is 5.54. The monoisotopic (exact) mass is 381 g/mol. The maximum absolute atomic E-state index is 13.0. The van der Waals surface area contributed by atoms with Crippen LogP contribution in [-0.2, 0) is 4.79 Å². The molecule has 0 N–H and O–H groups in total. The zero-order valence-electron chi connectivity index (χ0n) is 13.0. The van der Waals surface area contributed by atoms with Gasteiger partial charge in [0.2, 0.25) is 0 Å². The number of anilines is 1. The van der Waals surface area contributed by atoms with Crippen LogP contribution >= 0.6 is 35.6 Å². The van der Waals surface area contributed by atoms with E-state index in [1.165, 1.54) is 11.8 Å². The molecule has 1 heterocycles. The minimum absolute atomic E-state index is 0.119. The number of halogens is 1. The molecule has 1 aliphatic rings. The Labute approximate surface area is 160 Å². The molecule has 1 aliphatic heterocycles. The third-order valence-electron chi connectivity index (χ3n) is 3.99. The van der Waals surface area contributed by atoms with E-state index in [0.29, 0.717) is 14.2 Å². The fourth-order valence-electron chi connectivity index (χ4n) is 2.81. The normalized spacial score (nSPS) is 16.2. The molecule has 0 bridgehead atoms. The second kappa shape index (κ2) is 6.64. The molecule has 3 aromatic rings. The number of carbonyl (C=O) groups excluding carboxylic acids is 1. The van der Waals surface area contributed by atoms with Crippen molar-refractivity contribution in [1.29, 1.82) is 0 Å². The van der Waals surface area contributed by atoms with Crippen molar-refractivity contribution in [3.05, 3.63) is 82.2 Å². The molecule has 0 radical (unpaired) electrons. The summed E-state index contributed by atoms with van der Waals surface area (Å²) in [7, 11) is 0. The van der Waals surface area contributed by atoms with Gasteiger partial charge in [-0.1, -0.05) is 90.2 Å². The predicted octanol–water partition coefficient (Wildman–Crippen LogP) is 5.90. The summed E-state index contributed by atoms with van der Waals surface area (Å²) in [6.07, 6.45) is 1.80. The molecule has 1 saturated heterocycles. The van der Waals surface area contributed by atoms with Gasteiger partial charge in [0.15, 0.2) is 4.32 Å². The summed E-state index contributed by atoms with van der Waals surface area (Å²) in [5, 5.41) is 2.68. The number of benzene rings is 3. The summed E-state index contributed by atoms with van der Waals surface area (Å²) in [5.74, 6) is -0.119. The smallest absolute Gasteiger partial charge is 0.268 e. The van der Waals surface area contributed by atoms with Gasteiger partial charge in [0.25, 0.3) is 5.91 Å². The number of hydrogen-bond donors (Lipinski definition) is 0. The van der Waals surface area contributed by atoms with Crippen LogP contribution in [0, 0.1) is 0 Å². The first-order valence-corrected chi connectivity index (χ1v) is 9.26. The number of amides is 1. The quantitative estimate of drug-likeness (QED) is 0.407. The molecule has 25 heavy (non-hydrogen) atoms. The van der Waals surface area contributed by atoms with E-state index in [9.17, 15) is 4.79 Å². The van der Waals surface area contributed by atoms with Crippen molar-refractivity contribution in [2.45, 2.75) is 0 Å². The molecule has 1 fully saturated rings. The summed E-state index contributed by atoms with van der Waals surface area (Å²) in [6, 6.07) is 21.3. The Morgan fingerprint density at radius 3 is 2.52 bits per heavy atom. The van der Waals surface area contributed by atoms with Crippen LogP contribution in [0.5, 0.6) is 0 Å². The van der Waals surface area contributed by atoms with Crippen LogP contribution in [0.2, 0.25) is 5.02 Å². The van der Waals surface area contributed by atoms with Crippen molar-refractivity contribution >= 4 is 68.3 Å². The zero-order valence-corrected chi connectivity index (χ0v) is 15.4. The Hall–Kier alpha value is -2.14. The van der Waals surface area contributed by atoms with Crippen molar-refractivity contribution in [1.82, 2.24) is 0 Å². The van der Waals surface area contributed by atoms with Crippen LogP contribution in [0.3, 0.4) is 0 Å². The molecular formula is C20H12ClNOS2. The molecule has 3 aromatic carbocycles. The number of fused-ring (bicyclic) bond motifs is 1. The first kappa shape index (κ1) is 16.3. The highest BCUT2D eigenvalue weighted by Gasteiger charge is 2.34. The number of hydrogen-bond acceptors (Lipinski definition) is 3. The number of rotatable bonds is 2. The molecule has 0 atom stereocenters. The van der Waals surface area contributed by atoms with Gasteiger partial charge in [0, 0.05) is 10.4 Å². The molecular weight excluding hydrogens is 370 g/mol. The highest BCUT2D eigenvalue weighted by atomic mass is 35.5. The van der Waals surface area contributed by atoms with Crippen molar-refractivity contribution in [2.24, 2.45) is 0 Å². The summed E-state index contributed by atoms with van der Waals surface area (Å²) in [5.41, 5.74) is 1.62. The topological polar surface area (TPSA) is 20.3 Å². The molecule has 0 spiro atoms. The number of thioether (sulfide) groups is 1. The average molecular weight is 382 g/mol. The number of nitrogens with zero attached hydrogens (tertiary/aromatic N) is 1. The maximum Gasteiger partial charge on any atom is 0.270 e. The van der Waals surface area contributed by atoms with Gasteiger partial charge in [-0.2, -0.15) is 0 Å². The lowest BCUT2D eigenvalue weighted by Crippen LogP contribution is -2.27. The van der Waals surface area contributed by atoms with Gasteiger partial charge in [-0.3, -0.25) is 9.69 Å². The van der Waals surface area contributed by atoms with Crippen LogP contribution in [-0.4, -0.2) is 10.2 Å². The first-order valence-electron chi connectivity index (χ1n) is 7.65. The van der Waals surface area contributed by atoms with E-state index in [0.717, 1.165) is 22.0 Å². The fraction of sp³-hybridized carbons (Fsp3) is 0. The Bertz CT molecular complexity index is 1040. The molecule has 0 aliphatic carbocycles. The van der Waals surface area contributed by atoms with E-state index in [1.54, 1.807) is 17.0 Å². The maximum atomic E-state index is 13.0. The number of thiocarbonyl (C=S) groups is 1. The van der Waals surface area contributed by atoms with E-state index in [-0.39, 0.29) is 5.91 Å². The molecule has 4 rings (SSSR count). The van der Waals surface area contributed by atoms with Gasteiger partial charge in [0.05, 0.1) is 10.6 Å². The first-order chi connectivity index (χ1) is 12.1. The number of carbonyl (C=O) groups is 1. The minimum Gasteiger partial charge on any atom is -0.268 e. The summed E-state index contributed by atoms with van der Waals surface area (Å²) in [6.45, 7) is 0. The lowest BCUT2D eigenvalue weighted by molar-refractivity contribution is -0.113. The molecule has 0 saturated carbocycles. The van der Waals surface area contributed by atoms with Gasteiger partial charge in [-0.05, 0) is 29.2 Å². The van der Waals surface area contributed by atoms with E-state index in [4.69, 9.17) is 23.8 Å². The van der Waals surface area contributed by atoms with E-state index in [1.807, 2.05) is 60.7 Å². The van der Waals surface area contributed by atoms with Gasteiger partial charge in [-0.25, -0.2) is 0 Å². The molecule has 0 aromatic heterocycles. The minimum atomic E-state index is -0.119. The van der Waals surface area contributed by atoms with Crippen LogP contribution in [0.25, 0.3) is 16.8 Å². The Balaban J connectivity index is 1.79. The highest BCUT2D eigenvalue weighted by molar-refractivity contribution is 8.27. The van der Waals surface area contributed by atoms with Gasteiger partial charge < -0.3 is 0 Å². The summed E-state index contributed by atoms with van der Waals surface area (Å²) >= 11 is 13.0. The van der Waals surface area contributed by atoms with Crippen LogP contribution in [0.4, 0.5) is 5.69 Å². The molecule has 122 valence electrons. The van der Waals surface area contributed by atoms with E-state index >= 15 is 0 Å². The molecule has 5 heteroatoms. The Morgan fingerprint density at radius 2 is 1.68 bits per heavy atom. The van der Waals surface area contributed by atoms with E-state index < -0.39 is 0 Å². The third-order valence-corrected chi connectivity index (χ3v) is 5.64. The van der Waals surface area contributed by atoms with E-state index in [2.05, 4.69) is 0 Å². The van der Waals surface area contributed by atoms with Crippen LogP contribution in [0.15, 0.2) is 71.6 Å². The summed E-state index contributed by atoms with van der Waals surface area (Å²) < 4.78 is 0.527. The lowest BCUT2D eigenvalue weighted by Gasteiger charge is -2.17. The van der Waals surface area contributed by atoms with Crippen LogP contribution in [0.1, 0.15) is 5.56 Å². The zero-order chi connectivity index (χ0) is 17.4. The molecule has 1 amide bonds. The largest absolute Gasteiger partial charge is 0.270 e. The third kappa shape index (κ3) is 2.97. The SMILES string of the molecule is O=C1/C(=C\c2ccccc2Cl)SC(=S)N1c1cccc2ccccc12. The predicted molar refractivity (Wildman–Crippen MR) is 111 cm³/mol. The molecule has 2 nitrogen and oxygen atoms in total. The fourth-order valence-corrected chi connectivity index (χ4v) is 4.28. The average Bonchev–Trinajstić information content (AvgIpc) is 2.90. The van der Waals surface area contributed by atoms with Gasteiger partial charge >= 0.3 is 0 Å². The van der Waals surface area contributed by atoms with Crippen LogP contribution < -0.4 is 4.90 Å². The van der Waals surface area contributed by atoms with Gasteiger partial charge in [0.1, 0.15) is 0 Å². The van der Waals surface area contributed by atoms with Gasteiger partial charge in [-0.15, -0.1) is 0 Å². The lowest BCUT2D eigenvalue weighted by atomic mass is 10.1. The molecule has 0 unspecified atom stereocenters. The second-order valence-corrected chi connectivity index (χ2v) is 7.62.